The second-order valence-corrected chi connectivity index (χ2v) is 6.04. The number of hydrogen-bond acceptors (Lipinski definition) is 1. The lowest BCUT2D eigenvalue weighted by atomic mass is 9.72. The molecule has 1 aliphatic rings. The Morgan fingerprint density at radius 1 is 1.09 bits per heavy atom. The van der Waals surface area contributed by atoms with Gasteiger partial charge in [-0.05, 0) is 43.4 Å². The van der Waals surface area contributed by atoms with Gasteiger partial charge in [-0.2, -0.15) is 0 Å². The van der Waals surface area contributed by atoms with Crippen LogP contribution in [0.3, 0.4) is 0 Å². The number of hydrogen-bond donors (Lipinski definition) is 1. The Bertz CT molecular complexity index is 684. The van der Waals surface area contributed by atoms with Crippen molar-refractivity contribution >= 4 is 12.0 Å². The summed E-state index contributed by atoms with van der Waals surface area (Å²) in [5.74, 6) is -0.0231. The molecule has 2 aromatic carbocycles. The zero-order chi connectivity index (χ0) is 15.4. The SMILES string of the molecule is Cc1cccc(/C=C/C(=O)NC2(c3ccccc3)CCC2)c1. The summed E-state index contributed by atoms with van der Waals surface area (Å²) >= 11 is 0. The second kappa shape index (κ2) is 6.18. The summed E-state index contributed by atoms with van der Waals surface area (Å²) < 4.78 is 0. The molecule has 3 rings (SSSR count). The first-order chi connectivity index (χ1) is 10.7. The van der Waals surface area contributed by atoms with Crippen LogP contribution in [0.1, 0.15) is 36.0 Å². The maximum atomic E-state index is 12.3. The van der Waals surface area contributed by atoms with E-state index < -0.39 is 0 Å². The Morgan fingerprint density at radius 2 is 1.86 bits per heavy atom. The van der Waals surface area contributed by atoms with Crippen molar-refractivity contribution in [1.29, 1.82) is 0 Å². The fourth-order valence-corrected chi connectivity index (χ4v) is 3.00. The van der Waals surface area contributed by atoms with Crippen LogP contribution in [0.25, 0.3) is 6.08 Å². The van der Waals surface area contributed by atoms with Gasteiger partial charge in [0.25, 0.3) is 0 Å². The Hall–Kier alpha value is -2.35. The van der Waals surface area contributed by atoms with Crippen molar-refractivity contribution in [3.05, 3.63) is 77.4 Å². The lowest BCUT2D eigenvalue weighted by Gasteiger charge is -2.42. The summed E-state index contributed by atoms with van der Waals surface area (Å²) in [5, 5.41) is 3.21. The molecule has 2 aromatic rings. The minimum Gasteiger partial charge on any atom is -0.343 e. The lowest BCUT2D eigenvalue weighted by Crippen LogP contribution is -2.50. The van der Waals surface area contributed by atoms with Crippen molar-refractivity contribution in [3.63, 3.8) is 0 Å². The number of nitrogens with one attached hydrogen (secondary N) is 1. The van der Waals surface area contributed by atoms with Gasteiger partial charge in [-0.1, -0.05) is 60.2 Å². The number of aryl methyl sites for hydroxylation is 1. The topological polar surface area (TPSA) is 29.1 Å². The molecular weight excluding hydrogens is 270 g/mol. The van der Waals surface area contributed by atoms with E-state index in [2.05, 4.69) is 36.5 Å². The largest absolute Gasteiger partial charge is 0.343 e. The highest BCUT2D eigenvalue weighted by Crippen LogP contribution is 2.41. The molecule has 0 aliphatic heterocycles. The van der Waals surface area contributed by atoms with Gasteiger partial charge >= 0.3 is 0 Å². The Morgan fingerprint density at radius 3 is 2.50 bits per heavy atom. The first-order valence-electron chi connectivity index (χ1n) is 7.80. The predicted octanol–water partition coefficient (Wildman–Crippen LogP) is 4.20. The van der Waals surface area contributed by atoms with Crippen LogP contribution >= 0.6 is 0 Å². The molecule has 0 bridgehead atoms. The molecule has 0 atom stereocenters. The van der Waals surface area contributed by atoms with Crippen molar-refractivity contribution in [2.75, 3.05) is 0 Å². The normalized spacial score (nSPS) is 16.2. The van der Waals surface area contributed by atoms with Crippen LogP contribution in [-0.2, 0) is 10.3 Å². The van der Waals surface area contributed by atoms with E-state index in [0.717, 1.165) is 24.8 Å². The molecule has 1 fully saturated rings. The van der Waals surface area contributed by atoms with E-state index in [9.17, 15) is 4.79 Å². The Balaban J connectivity index is 1.71. The highest BCUT2D eigenvalue weighted by atomic mass is 16.1. The number of carbonyl (C=O) groups is 1. The smallest absolute Gasteiger partial charge is 0.244 e. The van der Waals surface area contributed by atoms with Crippen LogP contribution in [-0.4, -0.2) is 5.91 Å². The summed E-state index contributed by atoms with van der Waals surface area (Å²) in [5.41, 5.74) is 3.29. The minimum absolute atomic E-state index is 0.0231. The molecule has 1 amide bonds. The second-order valence-electron chi connectivity index (χ2n) is 6.04. The first kappa shape index (κ1) is 14.6. The third kappa shape index (κ3) is 3.11. The van der Waals surface area contributed by atoms with Crippen molar-refractivity contribution in [2.45, 2.75) is 31.7 Å². The van der Waals surface area contributed by atoms with Gasteiger partial charge in [0.1, 0.15) is 0 Å². The minimum atomic E-state index is -0.171. The van der Waals surface area contributed by atoms with E-state index in [1.54, 1.807) is 6.08 Å². The summed E-state index contributed by atoms with van der Waals surface area (Å²) in [6.45, 7) is 2.05. The van der Waals surface area contributed by atoms with Gasteiger partial charge < -0.3 is 5.32 Å². The van der Waals surface area contributed by atoms with Gasteiger partial charge in [-0.25, -0.2) is 0 Å². The third-order valence-electron chi connectivity index (χ3n) is 4.37. The monoisotopic (exact) mass is 291 g/mol. The van der Waals surface area contributed by atoms with Crippen molar-refractivity contribution in [1.82, 2.24) is 5.32 Å². The van der Waals surface area contributed by atoms with Crippen molar-refractivity contribution < 1.29 is 4.79 Å². The Kier molecular flexibility index (Phi) is 4.10. The van der Waals surface area contributed by atoms with E-state index in [1.807, 2.05) is 36.4 Å². The molecule has 0 spiro atoms. The van der Waals surface area contributed by atoms with Crippen LogP contribution in [0.4, 0.5) is 0 Å². The van der Waals surface area contributed by atoms with Gasteiger partial charge in [0.2, 0.25) is 5.91 Å². The van der Waals surface area contributed by atoms with E-state index in [4.69, 9.17) is 0 Å². The molecule has 2 heteroatoms. The standard InChI is InChI=1S/C20H21NO/c1-16-7-5-8-17(15-16)11-12-19(22)21-20(13-6-14-20)18-9-3-2-4-10-18/h2-5,7-12,15H,6,13-14H2,1H3,(H,21,22)/b12-11+. The van der Waals surface area contributed by atoms with E-state index in [-0.39, 0.29) is 11.4 Å². The number of rotatable bonds is 4. The number of benzene rings is 2. The maximum Gasteiger partial charge on any atom is 0.244 e. The molecule has 1 saturated carbocycles. The summed E-state index contributed by atoms with van der Waals surface area (Å²) in [4.78, 5) is 12.3. The average molecular weight is 291 g/mol. The summed E-state index contributed by atoms with van der Waals surface area (Å²) in [6, 6.07) is 18.4. The zero-order valence-electron chi connectivity index (χ0n) is 12.9. The van der Waals surface area contributed by atoms with Crippen LogP contribution in [0.2, 0.25) is 0 Å². The molecule has 0 radical (unpaired) electrons. The molecule has 112 valence electrons. The zero-order valence-corrected chi connectivity index (χ0v) is 12.9. The highest BCUT2D eigenvalue weighted by Gasteiger charge is 2.39. The van der Waals surface area contributed by atoms with Crippen LogP contribution < -0.4 is 5.32 Å². The summed E-state index contributed by atoms with van der Waals surface area (Å²) in [6.07, 6.45) is 6.70. The van der Waals surface area contributed by atoms with Crippen LogP contribution in [0.15, 0.2) is 60.7 Å². The first-order valence-corrected chi connectivity index (χ1v) is 7.80. The number of carbonyl (C=O) groups excluding carboxylic acids is 1. The van der Waals surface area contributed by atoms with Gasteiger partial charge in [-0.15, -0.1) is 0 Å². The van der Waals surface area contributed by atoms with Crippen LogP contribution in [0, 0.1) is 6.92 Å². The van der Waals surface area contributed by atoms with Gasteiger partial charge in [0.05, 0.1) is 5.54 Å². The van der Waals surface area contributed by atoms with E-state index >= 15 is 0 Å². The van der Waals surface area contributed by atoms with Crippen LogP contribution in [0.5, 0.6) is 0 Å². The van der Waals surface area contributed by atoms with E-state index in [0.29, 0.717) is 0 Å². The molecule has 2 nitrogen and oxygen atoms in total. The number of amides is 1. The molecule has 1 aliphatic carbocycles. The molecule has 22 heavy (non-hydrogen) atoms. The quantitative estimate of drug-likeness (QED) is 0.840. The Labute approximate surface area is 131 Å². The highest BCUT2D eigenvalue weighted by molar-refractivity contribution is 5.92. The maximum absolute atomic E-state index is 12.3. The van der Waals surface area contributed by atoms with E-state index in [1.165, 1.54) is 11.1 Å². The fourth-order valence-electron chi connectivity index (χ4n) is 3.00. The molecule has 0 aromatic heterocycles. The average Bonchev–Trinajstić information content (AvgIpc) is 2.50. The molecular formula is C20H21NO. The predicted molar refractivity (Wildman–Crippen MR) is 90.3 cm³/mol. The molecule has 0 heterocycles. The van der Waals surface area contributed by atoms with Crippen molar-refractivity contribution in [2.24, 2.45) is 0 Å². The fraction of sp³-hybridized carbons (Fsp3) is 0.250. The summed E-state index contributed by atoms with van der Waals surface area (Å²) in [7, 11) is 0. The molecule has 1 N–H and O–H groups in total. The van der Waals surface area contributed by atoms with Gasteiger partial charge in [0.15, 0.2) is 0 Å². The third-order valence-corrected chi connectivity index (χ3v) is 4.37. The van der Waals surface area contributed by atoms with Gasteiger partial charge in [-0.3, -0.25) is 4.79 Å². The molecule has 0 saturated heterocycles. The lowest BCUT2D eigenvalue weighted by molar-refractivity contribution is -0.119. The molecule has 0 unspecified atom stereocenters. The van der Waals surface area contributed by atoms with Gasteiger partial charge in [0, 0.05) is 6.08 Å². The van der Waals surface area contributed by atoms with Crippen molar-refractivity contribution in [3.8, 4) is 0 Å².